The summed E-state index contributed by atoms with van der Waals surface area (Å²) in [6, 6.07) is 7.63. The predicted octanol–water partition coefficient (Wildman–Crippen LogP) is 3.02. The second-order valence-corrected chi connectivity index (χ2v) is 4.91. The normalized spacial score (nSPS) is 10.5. The Labute approximate surface area is 95.6 Å². The largest absolute Gasteiger partial charge is 0.192 e. The van der Waals surface area contributed by atoms with Gasteiger partial charge in [0.05, 0.1) is 23.3 Å². The van der Waals surface area contributed by atoms with Crippen LogP contribution in [0.3, 0.4) is 0 Å². The second-order valence-electron chi connectivity index (χ2n) is 4.39. The summed E-state index contributed by atoms with van der Waals surface area (Å²) in [5.41, 5.74) is 1.65. The van der Waals surface area contributed by atoms with E-state index in [9.17, 15) is 0 Å². The predicted molar refractivity (Wildman–Crippen MR) is 61.8 cm³/mol. The van der Waals surface area contributed by atoms with Crippen molar-refractivity contribution in [1.29, 1.82) is 10.5 Å². The van der Waals surface area contributed by atoms with Crippen molar-refractivity contribution in [3.63, 3.8) is 0 Å². The number of benzene rings is 1. The van der Waals surface area contributed by atoms with Crippen molar-refractivity contribution in [2.24, 2.45) is 0 Å². The number of hydrogen-bond acceptors (Lipinski definition) is 3. The van der Waals surface area contributed by atoms with Gasteiger partial charge in [0.25, 0.3) is 0 Å². The van der Waals surface area contributed by atoms with Crippen molar-refractivity contribution in [2.45, 2.75) is 31.1 Å². The molecule has 15 heavy (non-hydrogen) atoms. The highest BCUT2D eigenvalue weighted by Gasteiger charge is 2.22. The molecule has 0 radical (unpaired) electrons. The Morgan fingerprint density at radius 3 is 1.73 bits per heavy atom. The van der Waals surface area contributed by atoms with Crippen molar-refractivity contribution in [3.8, 4) is 12.1 Å². The highest BCUT2D eigenvalue weighted by Crippen LogP contribution is 2.30. The summed E-state index contributed by atoms with van der Waals surface area (Å²) in [6.45, 7) is 5.96. The van der Waals surface area contributed by atoms with Crippen LogP contribution in [0.4, 0.5) is 0 Å². The summed E-state index contributed by atoms with van der Waals surface area (Å²) in [6.07, 6.45) is 0. The quantitative estimate of drug-likeness (QED) is 0.678. The molecule has 1 rings (SSSR count). The molecule has 1 aromatic carbocycles. The van der Waals surface area contributed by atoms with Gasteiger partial charge in [-0.25, -0.2) is 0 Å². The lowest BCUT2D eigenvalue weighted by Crippen LogP contribution is -2.15. The Balaban J connectivity index is 3.63. The van der Waals surface area contributed by atoms with Crippen LogP contribution < -0.4 is 0 Å². The molecule has 0 unspecified atom stereocenters. The van der Waals surface area contributed by atoms with Crippen LogP contribution in [0.2, 0.25) is 0 Å². The molecule has 1 aromatic rings. The Kier molecular flexibility index (Phi) is 3.07. The third-order valence-corrected chi connectivity index (χ3v) is 2.37. The maximum atomic E-state index is 9.03. The molecule has 0 N–H and O–H groups in total. The van der Waals surface area contributed by atoms with Crippen molar-refractivity contribution in [2.75, 3.05) is 0 Å². The van der Waals surface area contributed by atoms with Gasteiger partial charge < -0.3 is 0 Å². The molecular formula is C12H12N2S. The van der Waals surface area contributed by atoms with Gasteiger partial charge in [0.1, 0.15) is 0 Å². The lowest BCUT2D eigenvalue weighted by Gasteiger charge is -2.22. The van der Waals surface area contributed by atoms with Gasteiger partial charge in [-0.05, 0) is 23.1 Å². The fraction of sp³-hybridized carbons (Fsp3) is 0.333. The third kappa shape index (κ3) is 2.32. The van der Waals surface area contributed by atoms with Crippen LogP contribution in [0.25, 0.3) is 0 Å². The molecule has 0 saturated heterocycles. The van der Waals surface area contributed by atoms with Crippen LogP contribution in [0.15, 0.2) is 17.0 Å². The summed E-state index contributed by atoms with van der Waals surface area (Å²) < 4.78 is 0. The zero-order chi connectivity index (χ0) is 11.6. The summed E-state index contributed by atoms with van der Waals surface area (Å²) in [5, 5.41) is 18.1. The van der Waals surface area contributed by atoms with Crippen molar-refractivity contribution < 1.29 is 0 Å². The van der Waals surface area contributed by atoms with Crippen LogP contribution in [-0.2, 0) is 5.41 Å². The van der Waals surface area contributed by atoms with Gasteiger partial charge in [-0.2, -0.15) is 10.5 Å². The van der Waals surface area contributed by atoms with Crippen LogP contribution in [0.5, 0.6) is 0 Å². The monoisotopic (exact) mass is 216 g/mol. The van der Waals surface area contributed by atoms with E-state index in [0.29, 0.717) is 16.0 Å². The lowest BCUT2D eigenvalue weighted by atomic mass is 9.81. The van der Waals surface area contributed by atoms with Gasteiger partial charge in [-0.15, -0.1) is 12.6 Å². The number of nitrogens with zero attached hydrogens (tertiary/aromatic N) is 2. The standard InChI is InChI=1S/C12H12N2S/c1-12(2,3)11-8(6-13)4-10(15)5-9(11)7-14/h4-5,15H,1-3H3. The first-order valence-electron chi connectivity index (χ1n) is 4.58. The van der Waals surface area contributed by atoms with Crippen molar-refractivity contribution in [1.82, 2.24) is 0 Å². The Morgan fingerprint density at radius 2 is 1.47 bits per heavy atom. The fourth-order valence-corrected chi connectivity index (χ4v) is 1.87. The number of nitriles is 2. The molecule has 76 valence electrons. The minimum Gasteiger partial charge on any atom is -0.192 e. The summed E-state index contributed by atoms with van der Waals surface area (Å²) in [5.74, 6) is 0. The zero-order valence-corrected chi connectivity index (χ0v) is 9.89. The fourth-order valence-electron chi connectivity index (χ4n) is 1.61. The van der Waals surface area contributed by atoms with Crippen LogP contribution in [-0.4, -0.2) is 0 Å². The van der Waals surface area contributed by atoms with Crippen LogP contribution >= 0.6 is 12.6 Å². The van der Waals surface area contributed by atoms with Crippen molar-refractivity contribution in [3.05, 3.63) is 28.8 Å². The topological polar surface area (TPSA) is 47.6 Å². The molecule has 0 aliphatic heterocycles. The van der Waals surface area contributed by atoms with Gasteiger partial charge in [-0.1, -0.05) is 20.8 Å². The number of rotatable bonds is 0. The molecule has 0 aliphatic rings. The molecule has 0 aliphatic carbocycles. The molecule has 0 atom stereocenters. The number of thiol groups is 1. The zero-order valence-electron chi connectivity index (χ0n) is 9.00. The minimum atomic E-state index is -0.211. The Bertz CT molecular complexity index is 435. The van der Waals surface area contributed by atoms with E-state index in [1.807, 2.05) is 20.8 Å². The lowest BCUT2D eigenvalue weighted by molar-refractivity contribution is 0.586. The first-order chi connectivity index (χ1) is 6.90. The maximum absolute atomic E-state index is 9.03. The van der Waals surface area contributed by atoms with Gasteiger partial charge in [-0.3, -0.25) is 0 Å². The SMILES string of the molecule is CC(C)(C)c1c(C#N)cc(S)cc1C#N. The summed E-state index contributed by atoms with van der Waals surface area (Å²) >= 11 is 4.17. The van der Waals surface area contributed by atoms with Gasteiger partial charge in [0.15, 0.2) is 0 Å². The minimum absolute atomic E-state index is 0.211. The molecule has 0 fully saturated rings. The van der Waals surface area contributed by atoms with E-state index in [-0.39, 0.29) is 5.41 Å². The van der Waals surface area contributed by atoms with E-state index in [1.165, 1.54) is 0 Å². The average molecular weight is 216 g/mol. The molecule has 0 bridgehead atoms. The Morgan fingerprint density at radius 1 is 1.07 bits per heavy atom. The van der Waals surface area contributed by atoms with Gasteiger partial charge in [0, 0.05) is 4.90 Å². The van der Waals surface area contributed by atoms with Crippen LogP contribution in [0, 0.1) is 22.7 Å². The number of hydrogen-bond donors (Lipinski definition) is 1. The molecule has 0 saturated carbocycles. The average Bonchev–Trinajstić information content (AvgIpc) is 2.14. The van der Waals surface area contributed by atoms with E-state index in [2.05, 4.69) is 24.8 Å². The van der Waals surface area contributed by atoms with E-state index >= 15 is 0 Å². The highest BCUT2D eigenvalue weighted by atomic mass is 32.1. The van der Waals surface area contributed by atoms with E-state index < -0.39 is 0 Å². The highest BCUT2D eigenvalue weighted by molar-refractivity contribution is 7.80. The van der Waals surface area contributed by atoms with Gasteiger partial charge >= 0.3 is 0 Å². The molecule has 0 amide bonds. The van der Waals surface area contributed by atoms with E-state index in [4.69, 9.17) is 10.5 Å². The summed E-state index contributed by atoms with van der Waals surface area (Å²) in [4.78, 5) is 0.649. The summed E-state index contributed by atoms with van der Waals surface area (Å²) in [7, 11) is 0. The molecule has 0 spiro atoms. The van der Waals surface area contributed by atoms with Crippen LogP contribution in [0.1, 0.15) is 37.5 Å². The molecule has 2 nitrogen and oxygen atoms in total. The second kappa shape index (κ2) is 3.96. The molecule has 0 heterocycles. The Hall–Kier alpha value is -1.45. The molecule has 0 aromatic heterocycles. The van der Waals surface area contributed by atoms with E-state index in [1.54, 1.807) is 12.1 Å². The van der Waals surface area contributed by atoms with E-state index in [0.717, 1.165) is 5.56 Å². The van der Waals surface area contributed by atoms with Crippen molar-refractivity contribution >= 4 is 12.6 Å². The van der Waals surface area contributed by atoms with Gasteiger partial charge in [0.2, 0.25) is 0 Å². The third-order valence-electron chi connectivity index (χ3n) is 2.11. The molecular weight excluding hydrogens is 204 g/mol. The molecule has 3 heteroatoms. The smallest absolute Gasteiger partial charge is 0.0995 e. The first kappa shape index (κ1) is 11.6. The first-order valence-corrected chi connectivity index (χ1v) is 5.02. The maximum Gasteiger partial charge on any atom is 0.0995 e.